The first-order valence-corrected chi connectivity index (χ1v) is 13.3. The van der Waals surface area contributed by atoms with Crippen molar-refractivity contribution in [2.75, 3.05) is 51.3 Å². The lowest BCUT2D eigenvalue weighted by molar-refractivity contribution is -0.120. The second kappa shape index (κ2) is 12.5. The van der Waals surface area contributed by atoms with Crippen LogP contribution < -0.4 is 10.2 Å². The van der Waals surface area contributed by atoms with Gasteiger partial charge in [0.25, 0.3) is 5.91 Å². The summed E-state index contributed by atoms with van der Waals surface area (Å²) in [6, 6.07) is 12.1. The summed E-state index contributed by atoms with van der Waals surface area (Å²) < 4.78 is 5.30. The van der Waals surface area contributed by atoms with Gasteiger partial charge in [0.05, 0.1) is 17.2 Å². The number of nitrogens with one attached hydrogen (secondary N) is 2. The number of ether oxygens (including phenoxy) is 1. The van der Waals surface area contributed by atoms with Crippen molar-refractivity contribution in [1.29, 1.82) is 0 Å². The Kier molecular flexibility index (Phi) is 9.19. The highest BCUT2D eigenvalue weighted by atomic mass is 35.5. The predicted octanol–water partition coefficient (Wildman–Crippen LogP) is 5.96. The molecule has 1 aliphatic rings. The van der Waals surface area contributed by atoms with Gasteiger partial charge < -0.3 is 19.9 Å². The maximum absolute atomic E-state index is 12.6. The molecule has 196 valence electrons. The number of anilines is 1. The number of para-hydroxylation sites is 1. The molecule has 1 saturated heterocycles. The molecular weight excluding hydrogens is 507 g/mol. The van der Waals surface area contributed by atoms with Gasteiger partial charge in [-0.05, 0) is 68.3 Å². The summed E-state index contributed by atoms with van der Waals surface area (Å²) >= 11 is 12.2. The van der Waals surface area contributed by atoms with Crippen LogP contribution in [0.25, 0.3) is 17.0 Å². The van der Waals surface area contributed by atoms with E-state index in [9.17, 15) is 4.79 Å². The monoisotopic (exact) mass is 540 g/mol. The minimum absolute atomic E-state index is 0.220. The molecule has 8 heteroatoms. The van der Waals surface area contributed by atoms with Crippen LogP contribution in [0, 0.1) is 13.8 Å². The number of aryl methyl sites for hydroxylation is 2. The van der Waals surface area contributed by atoms with Gasteiger partial charge in [-0.2, -0.15) is 0 Å². The summed E-state index contributed by atoms with van der Waals surface area (Å²) in [6.45, 7) is 10.0. The van der Waals surface area contributed by atoms with Gasteiger partial charge in [-0.25, -0.2) is 0 Å². The predicted molar refractivity (Wildman–Crippen MR) is 155 cm³/mol. The van der Waals surface area contributed by atoms with Crippen LogP contribution >= 0.6 is 23.2 Å². The highest BCUT2D eigenvalue weighted by Gasteiger charge is 2.19. The van der Waals surface area contributed by atoms with Gasteiger partial charge in [0.15, 0.2) is 5.76 Å². The fourth-order valence-electron chi connectivity index (χ4n) is 4.81. The van der Waals surface area contributed by atoms with Crippen LogP contribution in [0.1, 0.15) is 23.2 Å². The summed E-state index contributed by atoms with van der Waals surface area (Å²) in [5, 5.41) is 4.95. The van der Waals surface area contributed by atoms with Crippen LogP contribution in [-0.4, -0.2) is 62.2 Å². The highest BCUT2D eigenvalue weighted by molar-refractivity contribution is 6.42. The van der Waals surface area contributed by atoms with Gasteiger partial charge in [0, 0.05) is 55.0 Å². The lowest BCUT2D eigenvalue weighted by Gasteiger charge is -2.37. The Morgan fingerprint density at radius 3 is 2.49 bits per heavy atom. The van der Waals surface area contributed by atoms with Gasteiger partial charge in [0.2, 0.25) is 0 Å². The van der Waals surface area contributed by atoms with Crippen molar-refractivity contribution in [2.45, 2.75) is 20.3 Å². The molecule has 1 fully saturated rings. The Balaban J connectivity index is 1.21. The number of amides is 1. The van der Waals surface area contributed by atoms with E-state index in [-0.39, 0.29) is 11.7 Å². The average molecular weight is 542 g/mol. The van der Waals surface area contributed by atoms with E-state index in [0.29, 0.717) is 16.6 Å². The lowest BCUT2D eigenvalue weighted by Crippen LogP contribution is -2.47. The smallest absolute Gasteiger partial charge is 0.286 e. The first-order chi connectivity index (χ1) is 17.9. The van der Waals surface area contributed by atoms with Crippen LogP contribution in [0.4, 0.5) is 5.69 Å². The molecule has 0 bridgehead atoms. The van der Waals surface area contributed by atoms with E-state index in [1.807, 2.05) is 18.2 Å². The number of nitrogens with zero attached hydrogens (tertiary/aromatic N) is 2. The van der Waals surface area contributed by atoms with E-state index < -0.39 is 0 Å². The Bertz CT molecular complexity index is 1250. The number of carbonyl (C=O) groups excluding carboxylic acids is 1. The molecule has 1 amide bonds. The Hall–Kier alpha value is -2.93. The molecule has 0 spiro atoms. The zero-order valence-electron chi connectivity index (χ0n) is 21.6. The summed E-state index contributed by atoms with van der Waals surface area (Å²) in [7, 11) is 1.50. The van der Waals surface area contributed by atoms with E-state index in [1.54, 1.807) is 18.2 Å². The lowest BCUT2D eigenvalue weighted by atomic mass is 10.1. The molecule has 4 rings (SSSR count). The number of hydrogen-bond donors (Lipinski definition) is 2. The van der Waals surface area contributed by atoms with Crippen molar-refractivity contribution < 1.29 is 9.53 Å². The molecule has 37 heavy (non-hydrogen) atoms. The third-order valence-electron chi connectivity index (χ3n) is 6.71. The zero-order valence-corrected chi connectivity index (χ0v) is 23.1. The largest absolute Gasteiger partial charge is 0.491 e. The fourth-order valence-corrected chi connectivity index (χ4v) is 5.14. The number of halogens is 2. The molecule has 0 atom stereocenters. The minimum Gasteiger partial charge on any atom is -0.491 e. The molecule has 0 radical (unpaired) electrons. The van der Waals surface area contributed by atoms with Crippen LogP contribution in [0.3, 0.4) is 0 Å². The van der Waals surface area contributed by atoms with Crippen molar-refractivity contribution in [3.63, 3.8) is 0 Å². The van der Waals surface area contributed by atoms with Crippen LogP contribution in [-0.2, 0) is 9.53 Å². The number of benzene rings is 2. The molecular formula is C29H34Cl2N4O2. The maximum Gasteiger partial charge on any atom is 0.286 e. The Morgan fingerprint density at radius 1 is 1.08 bits per heavy atom. The maximum atomic E-state index is 12.6. The number of fused-ring (bicyclic) bond motifs is 1. The van der Waals surface area contributed by atoms with Gasteiger partial charge in [-0.15, -0.1) is 0 Å². The van der Waals surface area contributed by atoms with Crippen molar-refractivity contribution in [3.8, 4) is 0 Å². The standard InChI is InChI=1S/C29H34Cl2N4O2/c1-20-7-4-8-21(2)28(20)35-15-13-34(14-16-35)12-6-11-32-29(36)27(37-3)10-5-9-23-17-22-18-24(30)25(31)19-26(22)33-23/h4-5,7-10,17-19,33H,6,11-16H2,1-3H3,(H,32,36). The zero-order chi connectivity index (χ0) is 26.4. The fraction of sp³-hybridized carbons (Fsp3) is 0.345. The number of H-pyrrole nitrogens is 1. The normalized spacial score (nSPS) is 15.1. The summed E-state index contributed by atoms with van der Waals surface area (Å²) in [5.74, 6) is 0.0443. The second-order valence-electron chi connectivity index (χ2n) is 9.35. The van der Waals surface area contributed by atoms with Gasteiger partial charge >= 0.3 is 0 Å². The molecule has 2 N–H and O–H groups in total. The molecule has 2 heterocycles. The minimum atomic E-state index is -0.220. The Labute approximate surface area is 228 Å². The number of aromatic amines is 1. The molecule has 0 unspecified atom stereocenters. The SMILES string of the molecule is COC(=CC=Cc1cc2cc(Cl)c(Cl)cc2[nH]1)C(=O)NCCCN1CCN(c2c(C)cccc2C)CC1. The number of carbonyl (C=O) groups is 1. The molecule has 6 nitrogen and oxygen atoms in total. The summed E-state index contributed by atoms with van der Waals surface area (Å²) in [5.41, 5.74) is 5.82. The van der Waals surface area contributed by atoms with Crippen LogP contribution in [0.15, 0.2) is 54.3 Å². The van der Waals surface area contributed by atoms with Crippen LogP contribution in [0.2, 0.25) is 10.0 Å². The first kappa shape index (κ1) is 27.1. The topological polar surface area (TPSA) is 60.6 Å². The number of aromatic nitrogens is 1. The molecule has 0 saturated carbocycles. The number of allylic oxidation sites excluding steroid dienone is 2. The van der Waals surface area contributed by atoms with E-state index in [0.717, 1.165) is 55.7 Å². The molecule has 1 aromatic heterocycles. The number of methoxy groups -OCH3 is 1. The molecule has 0 aliphatic carbocycles. The first-order valence-electron chi connectivity index (χ1n) is 12.6. The molecule has 1 aliphatic heterocycles. The van der Waals surface area contributed by atoms with Gasteiger partial charge in [0.1, 0.15) is 0 Å². The van der Waals surface area contributed by atoms with Crippen molar-refractivity contribution in [3.05, 3.63) is 81.2 Å². The van der Waals surface area contributed by atoms with E-state index in [2.05, 4.69) is 52.1 Å². The van der Waals surface area contributed by atoms with Crippen molar-refractivity contribution in [2.24, 2.45) is 0 Å². The quantitative estimate of drug-likeness (QED) is 0.152. The van der Waals surface area contributed by atoms with Gasteiger partial charge in [-0.3, -0.25) is 9.69 Å². The average Bonchev–Trinajstić information content (AvgIpc) is 3.26. The summed E-state index contributed by atoms with van der Waals surface area (Å²) in [6.07, 6.45) is 6.20. The van der Waals surface area contributed by atoms with E-state index in [4.69, 9.17) is 27.9 Å². The number of piperazine rings is 1. The third-order valence-corrected chi connectivity index (χ3v) is 7.44. The molecule has 2 aromatic carbocycles. The van der Waals surface area contributed by atoms with E-state index in [1.165, 1.54) is 23.9 Å². The molecule has 3 aromatic rings. The van der Waals surface area contributed by atoms with Crippen molar-refractivity contribution in [1.82, 2.24) is 15.2 Å². The second-order valence-corrected chi connectivity index (χ2v) is 10.2. The number of rotatable bonds is 9. The summed E-state index contributed by atoms with van der Waals surface area (Å²) in [4.78, 5) is 20.8. The third kappa shape index (κ3) is 6.89. The number of hydrogen-bond acceptors (Lipinski definition) is 4. The van der Waals surface area contributed by atoms with Gasteiger partial charge in [-0.1, -0.05) is 47.5 Å². The highest BCUT2D eigenvalue weighted by Crippen LogP contribution is 2.28. The Morgan fingerprint density at radius 2 is 1.78 bits per heavy atom. The van der Waals surface area contributed by atoms with E-state index >= 15 is 0 Å². The van der Waals surface area contributed by atoms with Crippen LogP contribution in [0.5, 0.6) is 0 Å². The van der Waals surface area contributed by atoms with Crippen molar-refractivity contribution >= 4 is 51.8 Å².